The summed E-state index contributed by atoms with van der Waals surface area (Å²) in [6, 6.07) is 11.0. The minimum Gasteiger partial charge on any atom is -0.449 e. The highest BCUT2D eigenvalue weighted by atomic mass is 32.2. The molecule has 10 nitrogen and oxygen atoms in total. The standard InChI is InChI=1S/C20H19N3O7S/c1-12(19(26)22-14-3-2-4-16(11-14)31(21,28)29)30-20(27)13-5-7-15(8-6-13)23-17(24)9-10-18(23)25/h2-8,11-12H,9-10H2,1H3,(H,22,26)(H2,21,28,29). The van der Waals surface area contributed by atoms with Crippen LogP contribution in [0.2, 0.25) is 0 Å². The number of sulfonamides is 1. The molecule has 3 amide bonds. The second-order valence-corrected chi connectivity index (χ2v) is 8.34. The van der Waals surface area contributed by atoms with Crippen molar-refractivity contribution >= 4 is 45.1 Å². The first-order valence-electron chi connectivity index (χ1n) is 9.17. The molecule has 31 heavy (non-hydrogen) atoms. The van der Waals surface area contributed by atoms with E-state index in [1.54, 1.807) is 0 Å². The molecule has 0 radical (unpaired) electrons. The molecule has 1 saturated heterocycles. The molecule has 3 rings (SSSR count). The summed E-state index contributed by atoms with van der Waals surface area (Å²) in [6.07, 6.45) is -0.892. The molecule has 1 aliphatic rings. The summed E-state index contributed by atoms with van der Waals surface area (Å²) in [5.41, 5.74) is 0.645. The van der Waals surface area contributed by atoms with E-state index in [1.807, 2.05) is 0 Å². The van der Waals surface area contributed by atoms with Crippen molar-refractivity contribution in [3.8, 4) is 0 Å². The number of nitrogens with zero attached hydrogens (tertiary/aromatic N) is 1. The summed E-state index contributed by atoms with van der Waals surface area (Å²) in [5.74, 6) is -2.08. The molecule has 1 aliphatic heterocycles. The Morgan fingerprint density at radius 2 is 1.68 bits per heavy atom. The largest absolute Gasteiger partial charge is 0.449 e. The topological polar surface area (TPSA) is 153 Å². The molecule has 2 aromatic carbocycles. The number of carbonyl (C=O) groups is 4. The van der Waals surface area contributed by atoms with Crippen molar-refractivity contribution in [2.24, 2.45) is 5.14 Å². The Kier molecular flexibility index (Phi) is 6.18. The summed E-state index contributed by atoms with van der Waals surface area (Å²) in [6.45, 7) is 1.35. The van der Waals surface area contributed by atoms with Crippen molar-refractivity contribution in [2.75, 3.05) is 10.2 Å². The van der Waals surface area contributed by atoms with Gasteiger partial charge in [0.1, 0.15) is 0 Å². The first-order valence-corrected chi connectivity index (χ1v) is 10.7. The number of anilines is 2. The van der Waals surface area contributed by atoms with Gasteiger partial charge in [0.15, 0.2) is 6.10 Å². The van der Waals surface area contributed by atoms with Gasteiger partial charge in [-0.15, -0.1) is 0 Å². The van der Waals surface area contributed by atoms with E-state index in [1.165, 1.54) is 55.5 Å². The predicted octanol–water partition coefficient (Wildman–Crippen LogP) is 1.17. The number of carbonyl (C=O) groups excluding carboxylic acids is 4. The first-order chi connectivity index (χ1) is 14.6. The van der Waals surface area contributed by atoms with Crippen LogP contribution in [0.15, 0.2) is 53.4 Å². The van der Waals surface area contributed by atoms with Crippen molar-refractivity contribution < 1.29 is 32.3 Å². The van der Waals surface area contributed by atoms with E-state index in [2.05, 4.69) is 5.32 Å². The molecule has 0 aliphatic carbocycles. The van der Waals surface area contributed by atoms with Gasteiger partial charge in [-0.25, -0.2) is 18.4 Å². The summed E-state index contributed by atoms with van der Waals surface area (Å²) in [7, 11) is -3.94. The lowest BCUT2D eigenvalue weighted by Gasteiger charge is -2.15. The van der Waals surface area contributed by atoms with Crippen molar-refractivity contribution in [2.45, 2.75) is 30.8 Å². The minimum absolute atomic E-state index is 0.124. The van der Waals surface area contributed by atoms with E-state index in [-0.39, 0.29) is 40.8 Å². The summed E-state index contributed by atoms with van der Waals surface area (Å²) in [5, 5.41) is 7.51. The highest BCUT2D eigenvalue weighted by Crippen LogP contribution is 2.23. The average molecular weight is 445 g/mol. The fourth-order valence-corrected chi connectivity index (χ4v) is 3.45. The minimum atomic E-state index is -3.94. The lowest BCUT2D eigenvalue weighted by atomic mass is 10.2. The molecule has 2 aromatic rings. The number of amides is 3. The fraction of sp³-hybridized carbons (Fsp3) is 0.200. The number of hydrogen-bond donors (Lipinski definition) is 2. The SMILES string of the molecule is CC(OC(=O)c1ccc(N2C(=O)CCC2=O)cc1)C(=O)Nc1cccc(S(N)(=O)=O)c1. The van der Waals surface area contributed by atoms with Crippen LogP contribution >= 0.6 is 0 Å². The van der Waals surface area contributed by atoms with Crippen LogP contribution in [0.1, 0.15) is 30.1 Å². The van der Waals surface area contributed by atoms with Crippen molar-refractivity contribution in [3.63, 3.8) is 0 Å². The summed E-state index contributed by atoms with van der Waals surface area (Å²) >= 11 is 0. The van der Waals surface area contributed by atoms with Gasteiger partial charge in [-0.1, -0.05) is 6.07 Å². The van der Waals surface area contributed by atoms with Crippen LogP contribution in [0.3, 0.4) is 0 Å². The Bertz CT molecular complexity index is 1140. The van der Waals surface area contributed by atoms with E-state index >= 15 is 0 Å². The molecule has 3 N–H and O–H groups in total. The number of ether oxygens (including phenoxy) is 1. The molecular formula is C20H19N3O7S. The Hall–Kier alpha value is -3.57. The maximum absolute atomic E-state index is 12.3. The molecule has 1 fully saturated rings. The third-order valence-electron chi connectivity index (χ3n) is 4.50. The van der Waals surface area contributed by atoms with Gasteiger partial charge in [0.05, 0.1) is 16.1 Å². The van der Waals surface area contributed by atoms with Crippen LogP contribution in [0.5, 0.6) is 0 Å². The van der Waals surface area contributed by atoms with Gasteiger partial charge >= 0.3 is 5.97 Å². The zero-order valence-electron chi connectivity index (χ0n) is 16.4. The van der Waals surface area contributed by atoms with Crippen LogP contribution in [0.4, 0.5) is 11.4 Å². The van der Waals surface area contributed by atoms with Crippen molar-refractivity contribution in [1.82, 2.24) is 0 Å². The molecule has 1 heterocycles. The van der Waals surface area contributed by atoms with Crippen LogP contribution < -0.4 is 15.4 Å². The maximum atomic E-state index is 12.3. The Labute approximate surface area is 178 Å². The number of primary sulfonamides is 1. The van der Waals surface area contributed by atoms with E-state index in [0.29, 0.717) is 5.69 Å². The number of esters is 1. The molecule has 162 valence electrons. The van der Waals surface area contributed by atoms with Gasteiger partial charge in [-0.3, -0.25) is 19.3 Å². The number of hydrogen-bond acceptors (Lipinski definition) is 7. The van der Waals surface area contributed by atoms with Crippen LogP contribution in [-0.2, 0) is 29.1 Å². The van der Waals surface area contributed by atoms with Gasteiger partial charge < -0.3 is 10.1 Å². The summed E-state index contributed by atoms with van der Waals surface area (Å²) in [4.78, 5) is 49.0. The molecule has 0 bridgehead atoms. The van der Waals surface area contributed by atoms with Gasteiger partial charge in [0.2, 0.25) is 21.8 Å². The van der Waals surface area contributed by atoms with Gasteiger partial charge in [-0.2, -0.15) is 0 Å². The van der Waals surface area contributed by atoms with E-state index in [0.717, 1.165) is 4.90 Å². The molecule has 1 atom stereocenters. The van der Waals surface area contributed by atoms with Gasteiger partial charge in [-0.05, 0) is 49.4 Å². The van der Waals surface area contributed by atoms with E-state index in [9.17, 15) is 27.6 Å². The molecule has 0 aromatic heterocycles. The monoisotopic (exact) mass is 445 g/mol. The first kappa shape index (κ1) is 22.1. The fourth-order valence-electron chi connectivity index (χ4n) is 2.89. The van der Waals surface area contributed by atoms with E-state index in [4.69, 9.17) is 9.88 Å². The van der Waals surface area contributed by atoms with Crippen molar-refractivity contribution in [1.29, 1.82) is 0 Å². The second-order valence-electron chi connectivity index (χ2n) is 6.78. The van der Waals surface area contributed by atoms with Gasteiger partial charge in [0.25, 0.3) is 5.91 Å². The number of nitrogens with two attached hydrogens (primary N) is 1. The predicted molar refractivity (Wildman–Crippen MR) is 109 cm³/mol. The number of rotatable bonds is 6. The lowest BCUT2D eigenvalue weighted by molar-refractivity contribution is -0.124. The summed E-state index contributed by atoms with van der Waals surface area (Å²) < 4.78 is 27.9. The smallest absolute Gasteiger partial charge is 0.338 e. The maximum Gasteiger partial charge on any atom is 0.338 e. The second kappa shape index (κ2) is 8.66. The Morgan fingerprint density at radius 1 is 1.06 bits per heavy atom. The molecular weight excluding hydrogens is 426 g/mol. The quantitative estimate of drug-likeness (QED) is 0.500. The normalized spacial score (nSPS) is 15.0. The molecule has 11 heteroatoms. The Balaban J connectivity index is 1.63. The third-order valence-corrected chi connectivity index (χ3v) is 5.41. The van der Waals surface area contributed by atoms with Crippen LogP contribution in [0.25, 0.3) is 0 Å². The third kappa shape index (κ3) is 5.13. The van der Waals surface area contributed by atoms with Crippen LogP contribution in [-0.4, -0.2) is 38.2 Å². The number of benzene rings is 2. The van der Waals surface area contributed by atoms with Gasteiger partial charge in [0, 0.05) is 18.5 Å². The average Bonchev–Trinajstić information content (AvgIpc) is 3.05. The molecule has 0 saturated carbocycles. The number of imide groups is 1. The molecule has 1 unspecified atom stereocenters. The van der Waals surface area contributed by atoms with Crippen LogP contribution in [0, 0.1) is 0 Å². The highest BCUT2D eigenvalue weighted by Gasteiger charge is 2.30. The lowest BCUT2D eigenvalue weighted by Crippen LogP contribution is -2.30. The zero-order valence-corrected chi connectivity index (χ0v) is 17.2. The highest BCUT2D eigenvalue weighted by molar-refractivity contribution is 7.89. The van der Waals surface area contributed by atoms with Crippen molar-refractivity contribution in [3.05, 3.63) is 54.1 Å². The van der Waals surface area contributed by atoms with E-state index < -0.39 is 28.0 Å². The zero-order chi connectivity index (χ0) is 22.8. The Morgan fingerprint density at radius 3 is 2.26 bits per heavy atom. The molecule has 0 spiro atoms. The number of nitrogens with one attached hydrogen (secondary N) is 1.